The van der Waals surface area contributed by atoms with Crippen LogP contribution in [0.5, 0.6) is 0 Å². The Morgan fingerprint density at radius 2 is 2.00 bits per heavy atom. The molecule has 3 nitrogen and oxygen atoms in total. The van der Waals surface area contributed by atoms with Gasteiger partial charge in [0.25, 0.3) is 0 Å². The zero-order valence-electron chi connectivity index (χ0n) is 10.2. The van der Waals surface area contributed by atoms with Gasteiger partial charge in [0, 0.05) is 18.0 Å². The Hall–Kier alpha value is -1.68. The lowest BCUT2D eigenvalue weighted by atomic mass is 10.1. The van der Waals surface area contributed by atoms with Gasteiger partial charge in [-0.3, -0.25) is 4.40 Å². The van der Waals surface area contributed by atoms with E-state index in [1.54, 1.807) is 6.20 Å². The first-order valence-electron chi connectivity index (χ1n) is 5.73. The van der Waals surface area contributed by atoms with E-state index >= 15 is 0 Å². The number of imidazole rings is 1. The van der Waals surface area contributed by atoms with Crippen LogP contribution in [-0.4, -0.2) is 14.4 Å². The van der Waals surface area contributed by atoms with E-state index in [1.165, 1.54) is 11.1 Å². The molecule has 0 aliphatic rings. The van der Waals surface area contributed by atoms with Gasteiger partial charge in [-0.2, -0.15) is 0 Å². The van der Waals surface area contributed by atoms with Crippen LogP contribution in [0.3, 0.4) is 0 Å². The summed E-state index contributed by atoms with van der Waals surface area (Å²) >= 11 is 3.45. The topological polar surface area (TPSA) is 30.2 Å². The number of aryl methyl sites for hydroxylation is 2. The average Bonchev–Trinajstić information content (AvgIpc) is 2.71. The highest BCUT2D eigenvalue weighted by molar-refractivity contribution is 9.10. The molecule has 0 radical (unpaired) electrons. The van der Waals surface area contributed by atoms with Crippen LogP contribution in [0.1, 0.15) is 11.1 Å². The highest BCUT2D eigenvalue weighted by Gasteiger charge is 2.11. The lowest BCUT2D eigenvalue weighted by molar-refractivity contribution is 1.12. The third kappa shape index (κ3) is 1.73. The summed E-state index contributed by atoms with van der Waals surface area (Å²) in [4.78, 5) is 8.87. The molecule has 0 amide bonds. The van der Waals surface area contributed by atoms with Crippen LogP contribution in [0.15, 0.2) is 41.3 Å². The molecule has 3 rings (SSSR count). The summed E-state index contributed by atoms with van der Waals surface area (Å²) < 4.78 is 2.77. The first-order valence-corrected chi connectivity index (χ1v) is 6.52. The van der Waals surface area contributed by atoms with E-state index in [1.807, 2.05) is 16.7 Å². The predicted molar refractivity (Wildman–Crippen MR) is 75.6 cm³/mol. The van der Waals surface area contributed by atoms with E-state index in [0.717, 1.165) is 21.6 Å². The van der Waals surface area contributed by atoms with Gasteiger partial charge in [-0.25, -0.2) is 9.97 Å². The molecule has 4 heteroatoms. The standard InChI is InChI=1S/C14H12BrN3/c1-9-4-5-11(8-10(9)2)13-17-12(15)14-16-6-3-7-18(13)14/h3-8H,1-2H3. The number of rotatable bonds is 1. The van der Waals surface area contributed by atoms with E-state index in [4.69, 9.17) is 0 Å². The van der Waals surface area contributed by atoms with Crippen LogP contribution >= 0.6 is 15.9 Å². The number of halogens is 1. The number of hydrogen-bond acceptors (Lipinski definition) is 2. The highest BCUT2D eigenvalue weighted by Crippen LogP contribution is 2.25. The molecule has 0 unspecified atom stereocenters. The van der Waals surface area contributed by atoms with Crippen molar-refractivity contribution in [2.24, 2.45) is 0 Å². The van der Waals surface area contributed by atoms with Gasteiger partial charge in [-0.15, -0.1) is 0 Å². The minimum atomic E-state index is 0.774. The van der Waals surface area contributed by atoms with Crippen LogP contribution < -0.4 is 0 Å². The van der Waals surface area contributed by atoms with E-state index < -0.39 is 0 Å². The molecule has 0 spiro atoms. The third-order valence-electron chi connectivity index (χ3n) is 3.13. The Bertz CT molecular complexity index is 731. The van der Waals surface area contributed by atoms with Crippen LogP contribution in [0, 0.1) is 13.8 Å². The summed E-state index contributed by atoms with van der Waals surface area (Å²) in [5, 5.41) is 0. The van der Waals surface area contributed by atoms with Crippen molar-refractivity contribution in [3.63, 3.8) is 0 Å². The zero-order valence-corrected chi connectivity index (χ0v) is 11.8. The molecule has 0 saturated carbocycles. The van der Waals surface area contributed by atoms with Crippen molar-refractivity contribution in [3.05, 3.63) is 52.4 Å². The summed E-state index contributed by atoms with van der Waals surface area (Å²) in [7, 11) is 0. The third-order valence-corrected chi connectivity index (χ3v) is 3.66. The van der Waals surface area contributed by atoms with Crippen molar-refractivity contribution < 1.29 is 0 Å². The molecule has 2 aromatic heterocycles. The SMILES string of the molecule is Cc1ccc(-c2nc(Br)c3ncccn23)cc1C. The monoisotopic (exact) mass is 301 g/mol. The molecule has 2 heterocycles. The molecule has 0 aliphatic heterocycles. The minimum Gasteiger partial charge on any atom is -0.283 e. The Morgan fingerprint density at radius 3 is 2.78 bits per heavy atom. The minimum absolute atomic E-state index is 0.774. The van der Waals surface area contributed by atoms with Crippen molar-refractivity contribution in [2.75, 3.05) is 0 Å². The van der Waals surface area contributed by atoms with E-state index in [0.29, 0.717) is 0 Å². The lowest BCUT2D eigenvalue weighted by Crippen LogP contribution is -1.91. The molecule has 18 heavy (non-hydrogen) atoms. The fourth-order valence-electron chi connectivity index (χ4n) is 1.98. The number of aromatic nitrogens is 3. The Kier molecular flexibility index (Phi) is 2.67. The van der Waals surface area contributed by atoms with Crippen molar-refractivity contribution in [3.8, 4) is 11.4 Å². The molecular weight excluding hydrogens is 290 g/mol. The van der Waals surface area contributed by atoms with Crippen molar-refractivity contribution in [1.29, 1.82) is 0 Å². The van der Waals surface area contributed by atoms with Gasteiger partial charge in [-0.05, 0) is 53.0 Å². The summed E-state index contributed by atoms with van der Waals surface area (Å²) in [5.41, 5.74) is 4.50. The van der Waals surface area contributed by atoms with E-state index in [-0.39, 0.29) is 0 Å². The predicted octanol–water partition coefficient (Wildman–Crippen LogP) is 3.78. The fraction of sp³-hybridized carbons (Fsp3) is 0.143. The maximum Gasteiger partial charge on any atom is 0.171 e. The van der Waals surface area contributed by atoms with E-state index in [9.17, 15) is 0 Å². The smallest absolute Gasteiger partial charge is 0.171 e. The van der Waals surface area contributed by atoms with E-state index in [2.05, 4.69) is 57.9 Å². The Balaban J connectivity index is 2.28. The molecule has 0 bridgehead atoms. The average molecular weight is 302 g/mol. The maximum atomic E-state index is 4.55. The van der Waals surface area contributed by atoms with Crippen LogP contribution in [0.25, 0.3) is 17.0 Å². The maximum absolute atomic E-state index is 4.55. The van der Waals surface area contributed by atoms with Crippen LogP contribution in [-0.2, 0) is 0 Å². The zero-order chi connectivity index (χ0) is 12.7. The van der Waals surface area contributed by atoms with Gasteiger partial charge in [0.2, 0.25) is 0 Å². The lowest BCUT2D eigenvalue weighted by Gasteiger charge is -2.04. The second kappa shape index (κ2) is 4.21. The van der Waals surface area contributed by atoms with Gasteiger partial charge < -0.3 is 0 Å². The fourth-order valence-corrected chi connectivity index (χ4v) is 2.44. The largest absolute Gasteiger partial charge is 0.283 e. The number of hydrogen-bond donors (Lipinski definition) is 0. The molecule has 3 aromatic rings. The van der Waals surface area contributed by atoms with Crippen LogP contribution in [0.2, 0.25) is 0 Å². The van der Waals surface area contributed by atoms with Gasteiger partial charge in [0.15, 0.2) is 10.3 Å². The second-order valence-electron chi connectivity index (χ2n) is 4.34. The molecule has 0 aliphatic carbocycles. The van der Waals surface area contributed by atoms with Crippen LogP contribution in [0.4, 0.5) is 0 Å². The van der Waals surface area contributed by atoms with Gasteiger partial charge in [0.05, 0.1) is 0 Å². The number of nitrogens with zero attached hydrogens (tertiary/aromatic N) is 3. The Labute approximate surface area is 114 Å². The molecule has 1 aromatic carbocycles. The quantitative estimate of drug-likeness (QED) is 0.685. The molecular formula is C14H12BrN3. The Morgan fingerprint density at radius 1 is 1.17 bits per heavy atom. The summed E-state index contributed by atoms with van der Waals surface area (Å²) in [6, 6.07) is 8.28. The summed E-state index contributed by atoms with van der Waals surface area (Å²) in [5.74, 6) is 0.910. The van der Waals surface area contributed by atoms with Crippen molar-refractivity contribution in [1.82, 2.24) is 14.4 Å². The summed E-state index contributed by atoms with van der Waals surface area (Å²) in [6.07, 6.45) is 3.75. The first kappa shape index (κ1) is 11.4. The van der Waals surface area contributed by atoms with Gasteiger partial charge in [-0.1, -0.05) is 12.1 Å². The molecule has 90 valence electrons. The van der Waals surface area contributed by atoms with Gasteiger partial charge in [0.1, 0.15) is 5.82 Å². The normalized spacial score (nSPS) is 11.1. The van der Waals surface area contributed by atoms with Crippen molar-refractivity contribution >= 4 is 21.6 Å². The molecule has 0 saturated heterocycles. The second-order valence-corrected chi connectivity index (χ2v) is 5.09. The van der Waals surface area contributed by atoms with Gasteiger partial charge >= 0.3 is 0 Å². The number of benzene rings is 1. The number of fused-ring (bicyclic) bond motifs is 1. The first-order chi connectivity index (χ1) is 8.66. The molecule has 0 N–H and O–H groups in total. The molecule has 0 fully saturated rings. The summed E-state index contributed by atoms with van der Waals surface area (Å²) in [6.45, 7) is 4.22. The molecule has 0 atom stereocenters. The van der Waals surface area contributed by atoms with Crippen molar-refractivity contribution in [2.45, 2.75) is 13.8 Å². The highest BCUT2D eigenvalue weighted by atomic mass is 79.9.